The van der Waals surface area contributed by atoms with E-state index in [1.165, 1.54) is 6.92 Å². The van der Waals surface area contributed by atoms with Crippen LogP contribution in [-0.4, -0.2) is 26.7 Å². The summed E-state index contributed by atoms with van der Waals surface area (Å²) >= 11 is 0. The van der Waals surface area contributed by atoms with Crippen LogP contribution < -0.4 is 10.1 Å². The summed E-state index contributed by atoms with van der Waals surface area (Å²) < 4.78 is 30.6. The minimum Gasteiger partial charge on any atom is -0.497 e. The Balaban J connectivity index is 2.12. The monoisotopic (exact) mass is 361 g/mol. The van der Waals surface area contributed by atoms with Crippen molar-refractivity contribution in [1.82, 2.24) is 5.32 Å². The fraction of sp³-hybridized carbons (Fsp3) is 0.316. The van der Waals surface area contributed by atoms with Gasteiger partial charge in [0.25, 0.3) is 0 Å². The predicted octanol–water partition coefficient (Wildman–Crippen LogP) is 2.79. The highest BCUT2D eigenvalue weighted by molar-refractivity contribution is 7.92. The number of hydrogen-bond donors (Lipinski definition) is 1. The van der Waals surface area contributed by atoms with E-state index >= 15 is 0 Å². The SMILES string of the molecule is COc1cccc(CNC(=O)C(C)S(=O)(=O)c2ccc(C)cc2C)c1. The third kappa shape index (κ3) is 4.39. The van der Waals surface area contributed by atoms with E-state index in [2.05, 4.69) is 5.32 Å². The van der Waals surface area contributed by atoms with Gasteiger partial charge in [-0.15, -0.1) is 0 Å². The molecule has 134 valence electrons. The van der Waals surface area contributed by atoms with Gasteiger partial charge < -0.3 is 10.1 Å². The Morgan fingerprint density at radius 1 is 1.16 bits per heavy atom. The standard InChI is InChI=1S/C19H23NO4S/c1-13-8-9-18(14(2)10-13)25(22,23)15(3)19(21)20-12-16-6-5-7-17(11-16)24-4/h5-11,15H,12H2,1-4H3,(H,20,21). The summed E-state index contributed by atoms with van der Waals surface area (Å²) in [5.74, 6) is 0.158. The van der Waals surface area contributed by atoms with E-state index < -0.39 is 21.0 Å². The maximum Gasteiger partial charge on any atom is 0.238 e. The molecule has 1 unspecified atom stereocenters. The number of carbonyl (C=O) groups is 1. The predicted molar refractivity (Wildman–Crippen MR) is 97.4 cm³/mol. The topological polar surface area (TPSA) is 72.5 Å². The van der Waals surface area contributed by atoms with Crippen LogP contribution in [0.25, 0.3) is 0 Å². The number of benzene rings is 2. The third-order valence-electron chi connectivity index (χ3n) is 4.07. The molecule has 1 N–H and O–H groups in total. The normalized spacial score (nSPS) is 12.5. The van der Waals surface area contributed by atoms with Crippen LogP contribution in [0.15, 0.2) is 47.4 Å². The molecule has 5 nitrogen and oxygen atoms in total. The molecule has 0 saturated heterocycles. The van der Waals surface area contributed by atoms with E-state index in [0.717, 1.165) is 11.1 Å². The van der Waals surface area contributed by atoms with Crippen LogP contribution in [0.1, 0.15) is 23.6 Å². The second-order valence-corrected chi connectivity index (χ2v) is 8.26. The molecule has 0 aliphatic carbocycles. The van der Waals surface area contributed by atoms with E-state index in [-0.39, 0.29) is 11.4 Å². The first-order valence-corrected chi connectivity index (χ1v) is 9.52. The Labute approximate surface area is 148 Å². The summed E-state index contributed by atoms with van der Waals surface area (Å²) in [5, 5.41) is 1.52. The second kappa shape index (κ2) is 7.70. The zero-order chi connectivity index (χ0) is 18.6. The lowest BCUT2D eigenvalue weighted by Gasteiger charge is -2.15. The average Bonchev–Trinajstić information content (AvgIpc) is 2.58. The average molecular weight is 361 g/mol. The number of nitrogens with one attached hydrogen (secondary N) is 1. The molecule has 25 heavy (non-hydrogen) atoms. The maximum atomic E-state index is 12.7. The van der Waals surface area contributed by atoms with Crippen molar-refractivity contribution in [3.8, 4) is 5.75 Å². The van der Waals surface area contributed by atoms with Gasteiger partial charge in [-0.05, 0) is 50.1 Å². The molecule has 1 amide bonds. The highest BCUT2D eigenvalue weighted by Crippen LogP contribution is 2.21. The fourth-order valence-corrected chi connectivity index (χ4v) is 4.08. The van der Waals surface area contributed by atoms with Crippen molar-refractivity contribution >= 4 is 15.7 Å². The number of rotatable bonds is 6. The molecule has 0 bridgehead atoms. The van der Waals surface area contributed by atoms with E-state index in [4.69, 9.17) is 4.74 Å². The van der Waals surface area contributed by atoms with Crippen molar-refractivity contribution in [3.05, 3.63) is 59.2 Å². The minimum atomic E-state index is -3.74. The first kappa shape index (κ1) is 19.0. The van der Waals surface area contributed by atoms with Crippen molar-refractivity contribution in [2.24, 2.45) is 0 Å². The molecule has 0 saturated carbocycles. The second-order valence-electron chi connectivity index (χ2n) is 6.03. The van der Waals surface area contributed by atoms with E-state index in [1.807, 2.05) is 19.1 Å². The van der Waals surface area contributed by atoms with Crippen LogP contribution >= 0.6 is 0 Å². The quantitative estimate of drug-likeness (QED) is 0.859. The summed E-state index contributed by atoms with van der Waals surface area (Å²) in [4.78, 5) is 12.5. The number of ether oxygens (including phenoxy) is 1. The lowest BCUT2D eigenvalue weighted by Crippen LogP contribution is -2.37. The molecule has 0 fully saturated rings. The van der Waals surface area contributed by atoms with E-state index in [0.29, 0.717) is 11.3 Å². The first-order chi connectivity index (χ1) is 11.8. The Morgan fingerprint density at radius 3 is 2.52 bits per heavy atom. The van der Waals surface area contributed by atoms with Gasteiger partial charge >= 0.3 is 0 Å². The van der Waals surface area contributed by atoms with Crippen molar-refractivity contribution in [1.29, 1.82) is 0 Å². The van der Waals surface area contributed by atoms with Crippen molar-refractivity contribution in [2.45, 2.75) is 37.5 Å². The first-order valence-electron chi connectivity index (χ1n) is 7.97. The molecule has 0 spiro atoms. The van der Waals surface area contributed by atoms with Gasteiger partial charge in [0, 0.05) is 6.54 Å². The van der Waals surface area contributed by atoms with E-state index in [1.54, 1.807) is 44.4 Å². The van der Waals surface area contributed by atoms with Crippen LogP contribution in [0.3, 0.4) is 0 Å². The van der Waals surface area contributed by atoms with E-state index in [9.17, 15) is 13.2 Å². The summed E-state index contributed by atoms with van der Waals surface area (Å²) in [6, 6.07) is 12.4. The lowest BCUT2D eigenvalue weighted by molar-refractivity contribution is -0.120. The number of aryl methyl sites for hydroxylation is 2. The van der Waals surface area contributed by atoms with Gasteiger partial charge in [-0.1, -0.05) is 29.8 Å². The third-order valence-corrected chi connectivity index (χ3v) is 6.29. The Hall–Kier alpha value is -2.34. The summed E-state index contributed by atoms with van der Waals surface area (Å²) in [6.45, 7) is 5.28. The molecule has 0 heterocycles. The molecule has 0 aliphatic heterocycles. The Morgan fingerprint density at radius 2 is 1.88 bits per heavy atom. The molecular formula is C19H23NO4S. The van der Waals surface area contributed by atoms with Gasteiger partial charge in [-0.2, -0.15) is 0 Å². The Bertz CT molecular complexity index is 875. The maximum absolute atomic E-state index is 12.7. The van der Waals surface area contributed by atoms with Crippen molar-refractivity contribution in [2.75, 3.05) is 7.11 Å². The molecule has 0 aliphatic rings. The molecule has 2 aromatic carbocycles. The van der Waals surface area contributed by atoms with Gasteiger partial charge in [0.1, 0.15) is 11.0 Å². The summed E-state index contributed by atoms with van der Waals surface area (Å²) in [7, 11) is -2.17. The van der Waals surface area contributed by atoms with Crippen LogP contribution in [0, 0.1) is 13.8 Å². The highest BCUT2D eigenvalue weighted by atomic mass is 32.2. The largest absolute Gasteiger partial charge is 0.497 e. The highest BCUT2D eigenvalue weighted by Gasteiger charge is 2.30. The van der Waals surface area contributed by atoms with Gasteiger partial charge in [0.2, 0.25) is 5.91 Å². The van der Waals surface area contributed by atoms with Crippen LogP contribution in [0.4, 0.5) is 0 Å². The van der Waals surface area contributed by atoms with Gasteiger partial charge in [-0.25, -0.2) is 8.42 Å². The van der Waals surface area contributed by atoms with Crippen LogP contribution in [-0.2, 0) is 21.2 Å². The number of carbonyl (C=O) groups excluding carboxylic acids is 1. The molecule has 0 aromatic heterocycles. The van der Waals surface area contributed by atoms with Crippen LogP contribution in [0.5, 0.6) is 5.75 Å². The molecule has 0 radical (unpaired) electrons. The molecule has 2 aromatic rings. The Kier molecular flexibility index (Phi) is 5.85. The molecule has 6 heteroatoms. The number of amides is 1. The molecule has 1 atom stereocenters. The fourth-order valence-electron chi connectivity index (χ4n) is 2.57. The van der Waals surface area contributed by atoms with Gasteiger partial charge in [-0.3, -0.25) is 4.79 Å². The van der Waals surface area contributed by atoms with Crippen molar-refractivity contribution < 1.29 is 17.9 Å². The molecule has 2 rings (SSSR count). The van der Waals surface area contributed by atoms with Crippen molar-refractivity contribution in [3.63, 3.8) is 0 Å². The van der Waals surface area contributed by atoms with Gasteiger partial charge in [0.05, 0.1) is 12.0 Å². The smallest absolute Gasteiger partial charge is 0.238 e. The summed E-state index contributed by atoms with van der Waals surface area (Å²) in [6.07, 6.45) is 0. The number of sulfone groups is 1. The zero-order valence-electron chi connectivity index (χ0n) is 14.9. The number of hydrogen-bond acceptors (Lipinski definition) is 4. The molecular weight excluding hydrogens is 338 g/mol. The summed E-state index contributed by atoms with van der Waals surface area (Å²) in [5.41, 5.74) is 2.46. The van der Waals surface area contributed by atoms with Gasteiger partial charge in [0.15, 0.2) is 9.84 Å². The zero-order valence-corrected chi connectivity index (χ0v) is 15.7. The number of methoxy groups -OCH3 is 1. The van der Waals surface area contributed by atoms with Crippen LogP contribution in [0.2, 0.25) is 0 Å². The minimum absolute atomic E-state index is 0.196. The lowest BCUT2D eigenvalue weighted by atomic mass is 10.2.